The highest BCUT2D eigenvalue weighted by molar-refractivity contribution is 6.00. The van der Waals surface area contributed by atoms with Crippen molar-refractivity contribution in [2.24, 2.45) is 17.9 Å². The van der Waals surface area contributed by atoms with Crippen LogP contribution in [0.3, 0.4) is 0 Å². The highest BCUT2D eigenvalue weighted by atomic mass is 19.1. The van der Waals surface area contributed by atoms with Crippen molar-refractivity contribution in [2.75, 3.05) is 0 Å². The second-order valence-electron chi connectivity index (χ2n) is 4.73. The van der Waals surface area contributed by atoms with Gasteiger partial charge in [0, 0.05) is 18.0 Å². The molecule has 23 heavy (non-hydrogen) atoms. The van der Waals surface area contributed by atoms with Crippen LogP contribution in [0.1, 0.15) is 5.56 Å². The number of hydrogen-bond donors (Lipinski definition) is 2. The number of pyridine rings is 1. The monoisotopic (exact) mass is 313 g/mol. The van der Waals surface area contributed by atoms with E-state index in [4.69, 9.17) is 5.73 Å². The third kappa shape index (κ3) is 2.84. The number of aromatic nitrogens is 4. The normalized spacial score (nSPS) is 11.2. The summed E-state index contributed by atoms with van der Waals surface area (Å²) in [5, 5.41) is 12.0. The molecule has 3 N–H and O–H groups in total. The smallest absolute Gasteiger partial charge is 0.332 e. The van der Waals surface area contributed by atoms with Gasteiger partial charge in [-0.2, -0.15) is 5.10 Å². The van der Waals surface area contributed by atoms with Gasteiger partial charge in [0.25, 0.3) is 0 Å². The molecule has 0 saturated heterocycles. The minimum Gasteiger partial charge on any atom is -0.350 e. The number of urea groups is 1. The number of halogens is 1. The van der Waals surface area contributed by atoms with E-state index in [1.54, 1.807) is 29.8 Å². The van der Waals surface area contributed by atoms with E-state index in [1.165, 1.54) is 18.6 Å². The minimum absolute atomic E-state index is 0.175. The number of primary amides is 1. The molecule has 0 fully saturated rings. The average molecular weight is 313 g/mol. The van der Waals surface area contributed by atoms with Crippen LogP contribution in [-0.4, -0.2) is 32.0 Å². The predicted octanol–water partition coefficient (Wildman–Crippen LogP) is 1.17. The predicted molar refractivity (Wildman–Crippen MR) is 82.0 cm³/mol. The van der Waals surface area contributed by atoms with Crippen LogP contribution in [0.2, 0.25) is 0 Å². The van der Waals surface area contributed by atoms with Gasteiger partial charge in [0.2, 0.25) is 0 Å². The van der Waals surface area contributed by atoms with Crippen molar-refractivity contribution >= 4 is 23.1 Å². The molecule has 116 valence electrons. The summed E-state index contributed by atoms with van der Waals surface area (Å²) in [6.07, 6.45) is 2.89. The SMILES string of the molecule is Cn1cnnc1-c1cc(C=NNC(N)=O)c2cccc(F)c2n1. The lowest BCUT2D eigenvalue weighted by Crippen LogP contribution is -2.24. The Bertz CT molecular complexity index is 919. The first kappa shape index (κ1) is 14.6. The fraction of sp³-hybridized carbons (Fsp3) is 0.0714. The Morgan fingerprint density at radius 2 is 2.30 bits per heavy atom. The number of aryl methyl sites for hydroxylation is 1. The zero-order valence-electron chi connectivity index (χ0n) is 12.1. The molecule has 1 aromatic carbocycles. The fourth-order valence-corrected chi connectivity index (χ4v) is 2.14. The van der Waals surface area contributed by atoms with Crippen LogP contribution in [0.5, 0.6) is 0 Å². The summed E-state index contributed by atoms with van der Waals surface area (Å²) < 4.78 is 15.8. The standard InChI is InChI=1S/C14H12FN7O/c1-22-7-18-20-13(22)11-5-8(6-17-21-14(16)23)9-3-2-4-10(15)12(9)19-11/h2-7H,1H3,(H3,16,21,23). The third-order valence-electron chi connectivity index (χ3n) is 3.14. The first-order valence-electron chi connectivity index (χ1n) is 6.58. The maximum Gasteiger partial charge on any atom is 0.332 e. The molecule has 9 heteroatoms. The topological polar surface area (TPSA) is 111 Å². The molecule has 0 aliphatic carbocycles. The van der Waals surface area contributed by atoms with E-state index in [0.29, 0.717) is 22.5 Å². The fourth-order valence-electron chi connectivity index (χ4n) is 2.14. The van der Waals surface area contributed by atoms with Gasteiger partial charge in [0.05, 0.1) is 6.21 Å². The molecular formula is C14H12FN7O. The maximum absolute atomic E-state index is 14.1. The van der Waals surface area contributed by atoms with Crippen LogP contribution in [0.15, 0.2) is 35.7 Å². The number of para-hydroxylation sites is 1. The summed E-state index contributed by atoms with van der Waals surface area (Å²) in [4.78, 5) is 15.0. The van der Waals surface area contributed by atoms with Gasteiger partial charge in [-0.1, -0.05) is 12.1 Å². The van der Waals surface area contributed by atoms with Crippen LogP contribution in [0.25, 0.3) is 22.4 Å². The molecule has 2 aromatic heterocycles. The van der Waals surface area contributed by atoms with Gasteiger partial charge in [0.1, 0.15) is 23.4 Å². The first-order chi connectivity index (χ1) is 11.1. The summed E-state index contributed by atoms with van der Waals surface area (Å²) in [7, 11) is 1.75. The zero-order valence-corrected chi connectivity index (χ0v) is 12.1. The van der Waals surface area contributed by atoms with Gasteiger partial charge in [-0.05, 0) is 12.1 Å². The van der Waals surface area contributed by atoms with E-state index < -0.39 is 11.8 Å². The Morgan fingerprint density at radius 1 is 1.48 bits per heavy atom. The largest absolute Gasteiger partial charge is 0.350 e. The Kier molecular flexibility index (Phi) is 3.67. The van der Waals surface area contributed by atoms with Crippen LogP contribution >= 0.6 is 0 Å². The van der Waals surface area contributed by atoms with Crippen molar-refractivity contribution in [3.05, 3.63) is 42.0 Å². The Balaban J connectivity index is 2.20. The molecule has 8 nitrogen and oxygen atoms in total. The number of hydrazone groups is 1. The van der Waals surface area contributed by atoms with Gasteiger partial charge in [0.15, 0.2) is 5.82 Å². The number of nitrogens with two attached hydrogens (primary N) is 1. The van der Waals surface area contributed by atoms with Gasteiger partial charge >= 0.3 is 6.03 Å². The molecule has 0 saturated carbocycles. The first-order valence-corrected chi connectivity index (χ1v) is 6.58. The van der Waals surface area contributed by atoms with Crippen molar-refractivity contribution in [1.82, 2.24) is 25.2 Å². The molecule has 0 atom stereocenters. The molecular weight excluding hydrogens is 301 g/mol. The molecule has 0 spiro atoms. The number of carbonyl (C=O) groups excluding carboxylic acids is 1. The third-order valence-corrected chi connectivity index (χ3v) is 3.14. The molecule has 0 radical (unpaired) electrons. The summed E-state index contributed by atoms with van der Waals surface area (Å²) >= 11 is 0. The highest BCUT2D eigenvalue weighted by Gasteiger charge is 2.13. The molecule has 3 rings (SSSR count). The average Bonchev–Trinajstić information content (AvgIpc) is 2.93. The van der Waals surface area contributed by atoms with Gasteiger partial charge < -0.3 is 10.3 Å². The van der Waals surface area contributed by atoms with E-state index in [1.807, 2.05) is 0 Å². The van der Waals surface area contributed by atoms with Crippen LogP contribution in [0.4, 0.5) is 9.18 Å². The van der Waals surface area contributed by atoms with Gasteiger partial charge in [-0.3, -0.25) is 0 Å². The summed E-state index contributed by atoms with van der Waals surface area (Å²) in [6, 6.07) is 5.48. The van der Waals surface area contributed by atoms with Crippen molar-refractivity contribution < 1.29 is 9.18 Å². The van der Waals surface area contributed by atoms with E-state index in [0.717, 1.165) is 0 Å². The second-order valence-corrected chi connectivity index (χ2v) is 4.73. The molecule has 0 bridgehead atoms. The lowest BCUT2D eigenvalue weighted by Gasteiger charge is -2.07. The molecule has 3 aromatic rings. The Hall–Kier alpha value is -3.36. The van der Waals surface area contributed by atoms with Crippen LogP contribution in [-0.2, 0) is 7.05 Å². The second kappa shape index (κ2) is 5.79. The highest BCUT2D eigenvalue weighted by Crippen LogP contribution is 2.24. The lowest BCUT2D eigenvalue weighted by atomic mass is 10.1. The molecule has 2 amide bonds. The van der Waals surface area contributed by atoms with E-state index in [9.17, 15) is 9.18 Å². The molecule has 0 aliphatic rings. The number of carbonyl (C=O) groups is 1. The van der Waals surface area contributed by atoms with Crippen molar-refractivity contribution in [1.29, 1.82) is 0 Å². The van der Waals surface area contributed by atoms with Crippen LogP contribution < -0.4 is 11.2 Å². The zero-order chi connectivity index (χ0) is 16.4. The van der Waals surface area contributed by atoms with Crippen molar-refractivity contribution in [3.63, 3.8) is 0 Å². The number of amides is 2. The van der Waals surface area contributed by atoms with Gasteiger partial charge in [-0.25, -0.2) is 19.6 Å². The number of nitrogens with zero attached hydrogens (tertiary/aromatic N) is 5. The number of fused-ring (bicyclic) bond motifs is 1. The van der Waals surface area contributed by atoms with Crippen LogP contribution in [0, 0.1) is 5.82 Å². The Labute approximate surface area is 129 Å². The van der Waals surface area contributed by atoms with Gasteiger partial charge in [-0.15, -0.1) is 10.2 Å². The van der Waals surface area contributed by atoms with E-state index in [2.05, 4.69) is 25.7 Å². The summed E-state index contributed by atoms with van der Waals surface area (Å²) in [6.45, 7) is 0. The number of hydrogen-bond acceptors (Lipinski definition) is 5. The number of nitrogens with one attached hydrogen (secondary N) is 1. The molecule has 2 heterocycles. The lowest BCUT2D eigenvalue weighted by molar-refractivity contribution is 0.249. The van der Waals surface area contributed by atoms with Crippen molar-refractivity contribution in [2.45, 2.75) is 0 Å². The minimum atomic E-state index is -0.792. The van der Waals surface area contributed by atoms with E-state index >= 15 is 0 Å². The van der Waals surface area contributed by atoms with E-state index in [-0.39, 0.29) is 5.52 Å². The summed E-state index contributed by atoms with van der Waals surface area (Å²) in [5.74, 6) is 0.0108. The molecule has 0 unspecified atom stereocenters. The quantitative estimate of drug-likeness (QED) is 0.558. The Morgan fingerprint density at radius 3 is 3.00 bits per heavy atom. The summed E-state index contributed by atoms with van der Waals surface area (Å²) in [5.41, 5.74) is 8.23. The van der Waals surface area contributed by atoms with Crippen molar-refractivity contribution in [3.8, 4) is 11.5 Å². The number of rotatable bonds is 3. The molecule has 0 aliphatic heterocycles. The number of benzene rings is 1. The maximum atomic E-state index is 14.1.